The van der Waals surface area contributed by atoms with Gasteiger partial charge < -0.3 is 46.8 Å². The minimum atomic E-state index is -1.33. The molecular weight excluding hydrogens is 606 g/mol. The van der Waals surface area contributed by atoms with Gasteiger partial charge in [0.25, 0.3) is 0 Å². The van der Waals surface area contributed by atoms with Gasteiger partial charge in [-0.25, -0.2) is 14.8 Å². The molecule has 0 aliphatic rings. The molecule has 10 N–H and O–H groups in total. The normalized spacial score (nSPS) is 13.7. The molecule has 4 unspecified atom stereocenters. The minimum Gasteiger partial charge on any atom is -0.508 e. The maximum Gasteiger partial charge on any atom is 0.326 e. The lowest BCUT2D eigenvalue weighted by Gasteiger charge is -2.25. The van der Waals surface area contributed by atoms with Crippen LogP contribution in [0.4, 0.5) is 0 Å². The first-order valence-corrected chi connectivity index (χ1v) is 14.8. The van der Waals surface area contributed by atoms with E-state index in [0.717, 1.165) is 16.5 Å². The Morgan fingerprint density at radius 1 is 0.723 bits per heavy atom. The number of aromatic amines is 3. The van der Waals surface area contributed by atoms with E-state index >= 15 is 0 Å². The zero-order chi connectivity index (χ0) is 33.3. The summed E-state index contributed by atoms with van der Waals surface area (Å²) in [6, 6.07) is 8.77. The number of carbonyl (C=O) groups is 4. The number of amides is 3. The minimum absolute atomic E-state index is 0.0114. The number of imidazole rings is 2. The fourth-order valence-corrected chi connectivity index (χ4v) is 5.17. The molecule has 0 saturated heterocycles. The lowest BCUT2D eigenvalue weighted by atomic mass is 10.0. The Balaban J connectivity index is 1.39. The summed E-state index contributed by atoms with van der Waals surface area (Å²) < 4.78 is 0. The molecule has 0 radical (unpaired) electrons. The first-order chi connectivity index (χ1) is 22.7. The van der Waals surface area contributed by atoms with Crippen molar-refractivity contribution in [1.29, 1.82) is 0 Å². The number of aromatic hydroxyl groups is 1. The van der Waals surface area contributed by atoms with Gasteiger partial charge >= 0.3 is 5.97 Å². The number of H-pyrrole nitrogens is 3. The monoisotopic (exact) mass is 641 g/mol. The molecule has 0 bridgehead atoms. The summed E-state index contributed by atoms with van der Waals surface area (Å²) in [5, 5.41) is 28.4. The molecule has 4 atom stereocenters. The SMILES string of the molecule is NC(Cc1cnc[nH]1)C(=O)NC(Cc1c[nH]c2ccccc12)C(=O)NC(Cc1ccc(O)cc1)C(=O)NC(Cc1cnc[nH]1)C(=O)O. The first-order valence-electron chi connectivity index (χ1n) is 14.8. The van der Waals surface area contributed by atoms with Crippen molar-refractivity contribution in [2.24, 2.45) is 5.73 Å². The van der Waals surface area contributed by atoms with Gasteiger partial charge in [0.05, 0.1) is 18.7 Å². The van der Waals surface area contributed by atoms with Crippen LogP contribution < -0.4 is 21.7 Å². The van der Waals surface area contributed by atoms with Gasteiger partial charge in [-0.3, -0.25) is 14.4 Å². The summed E-state index contributed by atoms with van der Waals surface area (Å²) >= 11 is 0. The molecule has 47 heavy (non-hydrogen) atoms. The Labute approximate surface area is 268 Å². The highest BCUT2D eigenvalue weighted by atomic mass is 16.4. The maximum atomic E-state index is 14.0. The molecular formula is C32H35N9O6. The van der Waals surface area contributed by atoms with Gasteiger partial charge in [-0.2, -0.15) is 0 Å². The number of carbonyl (C=O) groups excluding carboxylic acids is 3. The smallest absolute Gasteiger partial charge is 0.326 e. The van der Waals surface area contributed by atoms with Crippen LogP contribution >= 0.6 is 0 Å². The molecule has 3 heterocycles. The van der Waals surface area contributed by atoms with Crippen LogP contribution in [-0.2, 0) is 44.9 Å². The van der Waals surface area contributed by atoms with E-state index in [1.807, 2.05) is 24.3 Å². The Hall–Kier alpha value is -5.96. The summed E-state index contributed by atoms with van der Waals surface area (Å²) in [5.74, 6) is -3.30. The Morgan fingerprint density at radius 2 is 1.32 bits per heavy atom. The summed E-state index contributed by atoms with van der Waals surface area (Å²) in [7, 11) is 0. The lowest BCUT2D eigenvalue weighted by molar-refractivity contribution is -0.142. The number of nitrogens with two attached hydrogens (primary N) is 1. The van der Waals surface area contributed by atoms with Crippen LogP contribution in [0.15, 0.2) is 79.8 Å². The van der Waals surface area contributed by atoms with Crippen molar-refractivity contribution in [2.45, 2.75) is 49.9 Å². The number of fused-ring (bicyclic) bond motifs is 1. The van der Waals surface area contributed by atoms with Gasteiger partial charge in [-0.1, -0.05) is 30.3 Å². The van der Waals surface area contributed by atoms with Gasteiger partial charge in [0.1, 0.15) is 23.9 Å². The number of rotatable bonds is 15. The molecule has 0 aliphatic carbocycles. The number of benzene rings is 2. The summed E-state index contributed by atoms with van der Waals surface area (Å²) in [5.41, 5.74) is 9.47. The van der Waals surface area contributed by atoms with Crippen molar-refractivity contribution >= 4 is 34.6 Å². The van der Waals surface area contributed by atoms with Crippen LogP contribution in [0.25, 0.3) is 10.9 Å². The summed E-state index contributed by atoms with van der Waals surface area (Å²) in [4.78, 5) is 69.6. The zero-order valence-electron chi connectivity index (χ0n) is 25.1. The highest BCUT2D eigenvalue weighted by Gasteiger charge is 2.31. The van der Waals surface area contributed by atoms with Gasteiger partial charge in [-0.05, 0) is 29.3 Å². The second-order valence-corrected chi connectivity index (χ2v) is 11.1. The van der Waals surface area contributed by atoms with E-state index in [1.54, 1.807) is 24.5 Å². The van der Waals surface area contributed by atoms with Crippen LogP contribution in [-0.4, -0.2) is 83.0 Å². The number of aromatic nitrogens is 5. The fourth-order valence-electron chi connectivity index (χ4n) is 5.17. The van der Waals surface area contributed by atoms with Crippen LogP contribution in [0.5, 0.6) is 5.75 Å². The van der Waals surface area contributed by atoms with Crippen molar-refractivity contribution in [3.05, 3.63) is 102 Å². The number of carboxylic acid groups (broad SMARTS) is 1. The standard InChI is InChI=1S/C32H35N9O6/c33-24(11-20-14-34-16-37-20)29(43)39-27(10-19-13-36-25-4-2-1-3-23(19)25)31(45)40-26(9-18-5-7-22(42)8-6-18)30(44)41-28(32(46)47)12-21-15-35-17-38-21/h1-8,13-17,24,26-28,36,42H,9-12,33H2,(H,34,37)(H,35,38)(H,39,43)(H,40,45)(H,41,44)(H,46,47). The van der Waals surface area contributed by atoms with Crippen LogP contribution in [0.3, 0.4) is 0 Å². The molecule has 5 aromatic rings. The quantitative estimate of drug-likeness (QED) is 0.0769. The molecule has 15 heteroatoms. The Kier molecular flexibility index (Phi) is 10.3. The Bertz CT molecular complexity index is 1800. The molecule has 3 aromatic heterocycles. The fraction of sp³-hybridized carbons (Fsp3) is 0.250. The third-order valence-corrected chi connectivity index (χ3v) is 7.67. The second-order valence-electron chi connectivity index (χ2n) is 11.1. The van der Waals surface area contributed by atoms with E-state index in [2.05, 4.69) is 40.9 Å². The van der Waals surface area contributed by atoms with Crippen molar-refractivity contribution < 1.29 is 29.4 Å². The predicted molar refractivity (Wildman–Crippen MR) is 170 cm³/mol. The molecule has 0 fully saturated rings. The molecule has 0 saturated carbocycles. The molecule has 244 valence electrons. The molecule has 0 spiro atoms. The largest absolute Gasteiger partial charge is 0.508 e. The number of carboxylic acids is 1. The van der Waals surface area contributed by atoms with Gasteiger partial charge in [-0.15, -0.1) is 0 Å². The number of hydrogen-bond donors (Lipinski definition) is 9. The van der Waals surface area contributed by atoms with Crippen molar-refractivity contribution in [3.63, 3.8) is 0 Å². The molecule has 5 rings (SSSR count). The summed E-state index contributed by atoms with van der Waals surface area (Å²) in [6.07, 6.45) is 7.70. The number of nitrogens with zero attached hydrogens (tertiary/aromatic N) is 2. The van der Waals surface area contributed by atoms with Gasteiger partial charge in [0, 0.05) is 66.6 Å². The summed E-state index contributed by atoms with van der Waals surface area (Å²) in [6.45, 7) is 0. The van der Waals surface area contributed by atoms with Crippen molar-refractivity contribution in [1.82, 2.24) is 40.9 Å². The number of para-hydroxylation sites is 1. The van der Waals surface area contributed by atoms with E-state index < -0.39 is 47.9 Å². The van der Waals surface area contributed by atoms with E-state index in [4.69, 9.17) is 5.73 Å². The highest BCUT2D eigenvalue weighted by molar-refractivity contribution is 5.95. The number of aliphatic carboxylic acids is 1. The highest BCUT2D eigenvalue weighted by Crippen LogP contribution is 2.20. The predicted octanol–water partition coefficient (Wildman–Crippen LogP) is 0.457. The topological polar surface area (TPSA) is 244 Å². The third-order valence-electron chi connectivity index (χ3n) is 7.67. The average Bonchev–Trinajstić information content (AvgIpc) is 3.84. The second kappa shape index (κ2) is 14.9. The number of phenols is 1. The van der Waals surface area contributed by atoms with Gasteiger partial charge in [0.2, 0.25) is 17.7 Å². The maximum absolute atomic E-state index is 14.0. The first kappa shape index (κ1) is 32.4. The van der Waals surface area contributed by atoms with Crippen molar-refractivity contribution in [3.8, 4) is 5.75 Å². The number of nitrogens with one attached hydrogen (secondary N) is 6. The molecule has 15 nitrogen and oxygen atoms in total. The van der Waals surface area contributed by atoms with E-state index in [-0.39, 0.29) is 31.4 Å². The molecule has 0 aliphatic heterocycles. The van der Waals surface area contributed by atoms with Crippen molar-refractivity contribution in [2.75, 3.05) is 0 Å². The molecule has 2 aromatic carbocycles. The van der Waals surface area contributed by atoms with E-state index in [9.17, 15) is 29.4 Å². The van der Waals surface area contributed by atoms with E-state index in [0.29, 0.717) is 17.0 Å². The van der Waals surface area contributed by atoms with Gasteiger partial charge in [0.15, 0.2) is 0 Å². The zero-order valence-corrected chi connectivity index (χ0v) is 25.1. The lowest BCUT2D eigenvalue weighted by Crippen LogP contribution is -2.58. The third kappa shape index (κ3) is 8.61. The van der Waals surface area contributed by atoms with Crippen LogP contribution in [0, 0.1) is 0 Å². The number of hydrogen-bond acceptors (Lipinski definition) is 8. The van der Waals surface area contributed by atoms with Crippen LogP contribution in [0.1, 0.15) is 22.5 Å². The number of phenolic OH excluding ortho intramolecular Hbond substituents is 1. The Morgan fingerprint density at radius 3 is 1.96 bits per heavy atom. The van der Waals surface area contributed by atoms with Crippen LogP contribution in [0.2, 0.25) is 0 Å². The average molecular weight is 642 g/mol. The van der Waals surface area contributed by atoms with E-state index in [1.165, 1.54) is 31.0 Å². The molecule has 3 amide bonds.